The maximum atomic E-state index is 13.1. The summed E-state index contributed by atoms with van der Waals surface area (Å²) in [6.45, 7) is 0.305. The minimum Gasteiger partial charge on any atom is -0.399 e. The number of nitrogens with zero attached hydrogens (tertiary/aromatic N) is 2. The second kappa shape index (κ2) is 6.57. The zero-order chi connectivity index (χ0) is 15.5. The normalized spacial score (nSPS) is 12.2. The zero-order valence-electron chi connectivity index (χ0n) is 11.2. The number of hydrogen-bond acceptors (Lipinski definition) is 4. The fourth-order valence-electron chi connectivity index (χ4n) is 2.01. The van der Waals surface area contributed by atoms with E-state index in [1.54, 1.807) is 12.1 Å². The number of thioether (sulfide) groups is 1. The first kappa shape index (κ1) is 16.0. The molecule has 2 rings (SSSR count). The van der Waals surface area contributed by atoms with Crippen molar-refractivity contribution in [1.82, 2.24) is 9.55 Å². The molecule has 0 aliphatic rings. The Kier molecular flexibility index (Phi) is 5.00. The van der Waals surface area contributed by atoms with Gasteiger partial charge in [0.05, 0.1) is 11.0 Å². The molecule has 116 valence electrons. The summed E-state index contributed by atoms with van der Waals surface area (Å²) in [5.74, 6) is 0.349. The minimum atomic E-state index is -4.50. The predicted octanol–water partition coefficient (Wildman–Crippen LogP) is 2.75. The Morgan fingerprint density at radius 2 is 2.05 bits per heavy atom. The van der Waals surface area contributed by atoms with Crippen LogP contribution in [0.2, 0.25) is 0 Å². The third-order valence-electron chi connectivity index (χ3n) is 2.93. The van der Waals surface area contributed by atoms with Crippen molar-refractivity contribution >= 4 is 28.5 Å². The van der Waals surface area contributed by atoms with Crippen LogP contribution in [0.5, 0.6) is 0 Å². The molecule has 0 aliphatic carbocycles. The summed E-state index contributed by atoms with van der Waals surface area (Å²) in [5.41, 5.74) is 6.66. The van der Waals surface area contributed by atoms with Crippen LogP contribution in [0.1, 0.15) is 12.2 Å². The maximum Gasteiger partial charge on any atom is 0.449 e. The van der Waals surface area contributed by atoms with Crippen LogP contribution >= 0.6 is 11.8 Å². The molecule has 0 aliphatic heterocycles. The number of imidazole rings is 1. The standard InChI is InChI=1S/C13H16F3N3OS/c14-13(15,16)12-18-10-8-9(17)2-3-11(10)19(12)4-7-21-6-1-5-20/h2-3,8,20H,1,4-7,17H2. The largest absolute Gasteiger partial charge is 0.449 e. The molecule has 2 aromatic rings. The monoisotopic (exact) mass is 319 g/mol. The number of nitrogens with two attached hydrogens (primary N) is 1. The van der Waals surface area contributed by atoms with E-state index in [9.17, 15) is 13.2 Å². The highest BCUT2D eigenvalue weighted by Gasteiger charge is 2.37. The van der Waals surface area contributed by atoms with Crippen LogP contribution in [0.3, 0.4) is 0 Å². The highest BCUT2D eigenvalue weighted by Crippen LogP contribution is 2.32. The van der Waals surface area contributed by atoms with Crippen molar-refractivity contribution in [3.05, 3.63) is 24.0 Å². The van der Waals surface area contributed by atoms with Crippen LogP contribution in [0.4, 0.5) is 18.9 Å². The van der Waals surface area contributed by atoms with Crippen LogP contribution in [0, 0.1) is 0 Å². The smallest absolute Gasteiger partial charge is 0.399 e. The second-order valence-electron chi connectivity index (χ2n) is 4.52. The molecule has 21 heavy (non-hydrogen) atoms. The number of nitrogen functional groups attached to an aromatic ring is 1. The number of aliphatic hydroxyl groups is 1. The van der Waals surface area contributed by atoms with Crippen molar-refractivity contribution < 1.29 is 18.3 Å². The Morgan fingerprint density at radius 3 is 2.71 bits per heavy atom. The molecule has 8 heteroatoms. The van der Waals surface area contributed by atoms with Crippen molar-refractivity contribution in [2.24, 2.45) is 0 Å². The summed E-state index contributed by atoms with van der Waals surface area (Å²) >= 11 is 1.51. The lowest BCUT2D eigenvalue weighted by Gasteiger charge is -2.11. The van der Waals surface area contributed by atoms with Crippen LogP contribution in [0.15, 0.2) is 18.2 Å². The summed E-state index contributed by atoms with van der Waals surface area (Å²) in [7, 11) is 0. The van der Waals surface area contributed by atoms with Gasteiger partial charge in [-0.25, -0.2) is 4.98 Å². The van der Waals surface area contributed by atoms with Gasteiger partial charge in [-0.1, -0.05) is 0 Å². The van der Waals surface area contributed by atoms with Crippen molar-refractivity contribution in [3.8, 4) is 0 Å². The number of rotatable bonds is 6. The van der Waals surface area contributed by atoms with Gasteiger partial charge in [-0.3, -0.25) is 0 Å². The van der Waals surface area contributed by atoms with Gasteiger partial charge in [0.1, 0.15) is 0 Å². The first-order chi connectivity index (χ1) is 9.93. The van der Waals surface area contributed by atoms with Gasteiger partial charge in [0.15, 0.2) is 0 Å². The van der Waals surface area contributed by atoms with Crippen molar-refractivity contribution in [2.45, 2.75) is 19.1 Å². The number of fused-ring (bicyclic) bond motifs is 1. The maximum absolute atomic E-state index is 13.1. The molecule has 0 fully saturated rings. The third kappa shape index (κ3) is 3.82. The molecule has 0 amide bonds. The lowest BCUT2D eigenvalue weighted by molar-refractivity contribution is -0.146. The Balaban J connectivity index is 2.26. The van der Waals surface area contributed by atoms with Crippen LogP contribution in [-0.2, 0) is 12.7 Å². The molecule has 0 atom stereocenters. The molecule has 0 bridgehead atoms. The van der Waals surface area contributed by atoms with E-state index in [2.05, 4.69) is 4.98 Å². The number of aliphatic hydroxyl groups excluding tert-OH is 1. The highest BCUT2D eigenvalue weighted by atomic mass is 32.2. The van der Waals surface area contributed by atoms with E-state index < -0.39 is 12.0 Å². The molecule has 1 heterocycles. The molecule has 0 radical (unpaired) electrons. The Bertz CT molecular complexity index is 612. The van der Waals surface area contributed by atoms with Crippen molar-refractivity contribution in [1.29, 1.82) is 0 Å². The van der Waals surface area contributed by atoms with Crippen LogP contribution in [0.25, 0.3) is 11.0 Å². The van der Waals surface area contributed by atoms with E-state index in [0.29, 0.717) is 23.4 Å². The molecule has 1 aromatic heterocycles. The summed E-state index contributed by atoms with van der Waals surface area (Å²) < 4.78 is 40.4. The first-order valence-corrected chi connectivity index (χ1v) is 7.60. The highest BCUT2D eigenvalue weighted by molar-refractivity contribution is 7.99. The number of hydrogen-bond donors (Lipinski definition) is 2. The van der Waals surface area contributed by atoms with Crippen molar-refractivity contribution in [2.75, 3.05) is 23.8 Å². The molecule has 3 N–H and O–H groups in total. The van der Waals surface area contributed by atoms with E-state index in [4.69, 9.17) is 10.8 Å². The fourth-order valence-corrected chi connectivity index (χ4v) is 2.86. The summed E-state index contributed by atoms with van der Waals surface area (Å²) in [5, 5.41) is 8.68. The van der Waals surface area contributed by atoms with E-state index in [1.807, 2.05) is 0 Å². The average Bonchev–Trinajstić information content (AvgIpc) is 2.76. The number of anilines is 1. The molecule has 0 saturated heterocycles. The molecule has 0 unspecified atom stereocenters. The van der Waals surface area contributed by atoms with Crippen molar-refractivity contribution in [3.63, 3.8) is 0 Å². The summed E-state index contributed by atoms with van der Waals surface area (Å²) in [4.78, 5) is 3.67. The Morgan fingerprint density at radius 1 is 1.29 bits per heavy atom. The fraction of sp³-hybridized carbons (Fsp3) is 0.462. The first-order valence-electron chi connectivity index (χ1n) is 6.45. The van der Waals surface area contributed by atoms with Gasteiger partial charge in [-0.2, -0.15) is 24.9 Å². The molecular weight excluding hydrogens is 303 g/mol. The molecule has 0 spiro atoms. The predicted molar refractivity (Wildman–Crippen MR) is 78.2 cm³/mol. The number of aryl methyl sites for hydroxylation is 1. The molecular formula is C13H16F3N3OS. The average molecular weight is 319 g/mol. The Labute approximate surface area is 124 Å². The zero-order valence-corrected chi connectivity index (χ0v) is 12.0. The SMILES string of the molecule is Nc1ccc2c(c1)nc(C(F)(F)F)n2CCSCCCO. The van der Waals surface area contributed by atoms with E-state index in [0.717, 1.165) is 5.75 Å². The third-order valence-corrected chi connectivity index (χ3v) is 3.98. The quantitative estimate of drug-likeness (QED) is 0.635. The van der Waals surface area contributed by atoms with E-state index >= 15 is 0 Å². The molecule has 0 saturated carbocycles. The lowest BCUT2D eigenvalue weighted by atomic mass is 10.3. The Hall–Kier alpha value is -1.41. The topological polar surface area (TPSA) is 64.1 Å². The molecule has 1 aromatic carbocycles. The van der Waals surface area contributed by atoms with Gasteiger partial charge in [0.2, 0.25) is 5.82 Å². The van der Waals surface area contributed by atoms with E-state index in [1.165, 1.54) is 22.4 Å². The summed E-state index contributed by atoms with van der Waals surface area (Å²) in [6, 6.07) is 4.57. The van der Waals surface area contributed by atoms with Crippen LogP contribution < -0.4 is 5.73 Å². The summed E-state index contributed by atoms with van der Waals surface area (Å²) in [6.07, 6.45) is -3.86. The lowest BCUT2D eigenvalue weighted by Crippen LogP contribution is -2.16. The van der Waals surface area contributed by atoms with Gasteiger partial charge in [0.25, 0.3) is 0 Å². The van der Waals surface area contributed by atoms with Gasteiger partial charge in [-0.05, 0) is 30.4 Å². The second-order valence-corrected chi connectivity index (χ2v) is 5.75. The number of alkyl halides is 3. The van der Waals surface area contributed by atoms with Gasteiger partial charge < -0.3 is 15.4 Å². The minimum absolute atomic E-state index is 0.0914. The van der Waals surface area contributed by atoms with Gasteiger partial charge in [-0.15, -0.1) is 0 Å². The van der Waals surface area contributed by atoms with Gasteiger partial charge >= 0.3 is 6.18 Å². The number of benzene rings is 1. The number of aromatic nitrogens is 2. The van der Waals surface area contributed by atoms with E-state index in [-0.39, 0.29) is 18.7 Å². The number of halogens is 3. The van der Waals surface area contributed by atoms with Crippen LogP contribution in [-0.4, -0.2) is 32.8 Å². The van der Waals surface area contributed by atoms with Gasteiger partial charge in [0, 0.05) is 24.6 Å². The molecule has 4 nitrogen and oxygen atoms in total.